The second-order valence-corrected chi connectivity index (χ2v) is 7.78. The van der Waals surface area contributed by atoms with Crippen LogP contribution in [0.4, 0.5) is 0 Å². The maximum absolute atomic E-state index is 12.1. The second-order valence-electron chi connectivity index (χ2n) is 7.78. The summed E-state index contributed by atoms with van der Waals surface area (Å²) >= 11 is 0. The highest BCUT2D eigenvalue weighted by atomic mass is 16.5. The molecule has 6 nitrogen and oxygen atoms in total. The zero-order valence-corrected chi connectivity index (χ0v) is 13.3. The van der Waals surface area contributed by atoms with Crippen LogP contribution in [0.5, 0.6) is 0 Å². The van der Waals surface area contributed by atoms with E-state index in [0.717, 1.165) is 25.7 Å². The highest BCUT2D eigenvalue weighted by Gasteiger charge is 2.57. The van der Waals surface area contributed by atoms with Gasteiger partial charge in [0.25, 0.3) is 5.91 Å². The quantitative estimate of drug-likeness (QED) is 0.567. The van der Waals surface area contributed by atoms with E-state index in [1.807, 2.05) is 6.07 Å². The van der Waals surface area contributed by atoms with Crippen LogP contribution in [-0.2, 0) is 14.3 Å². The lowest BCUT2D eigenvalue weighted by Gasteiger charge is -2.60. The van der Waals surface area contributed by atoms with Gasteiger partial charge in [0.15, 0.2) is 6.61 Å². The second kappa shape index (κ2) is 6.12. The lowest BCUT2D eigenvalue weighted by Crippen LogP contribution is -2.56. The minimum atomic E-state index is -0.584. The maximum atomic E-state index is 12.1. The molecule has 4 bridgehead atoms. The number of aliphatic hydroxyl groups is 1. The summed E-state index contributed by atoms with van der Waals surface area (Å²) in [5.41, 5.74) is -0.716. The van der Waals surface area contributed by atoms with Gasteiger partial charge in [-0.05, 0) is 55.8 Å². The Balaban J connectivity index is 1.49. The summed E-state index contributed by atoms with van der Waals surface area (Å²) in [6.07, 6.45) is 6.16. The highest BCUT2D eigenvalue weighted by Crippen LogP contribution is 2.62. The number of carbonyl (C=O) groups excluding carboxylic acids is 2. The summed E-state index contributed by atoms with van der Waals surface area (Å²) in [6.45, 7) is -0.0231. The van der Waals surface area contributed by atoms with Crippen molar-refractivity contribution in [3.8, 4) is 6.07 Å². The molecule has 4 atom stereocenters. The number of esters is 1. The fourth-order valence-corrected chi connectivity index (χ4v) is 5.42. The molecule has 1 amide bonds. The van der Waals surface area contributed by atoms with Crippen LogP contribution in [0.25, 0.3) is 0 Å². The lowest BCUT2D eigenvalue weighted by molar-refractivity contribution is -0.177. The van der Waals surface area contributed by atoms with Crippen LogP contribution in [0.3, 0.4) is 0 Å². The molecule has 0 heterocycles. The van der Waals surface area contributed by atoms with Gasteiger partial charge in [-0.1, -0.05) is 0 Å². The van der Waals surface area contributed by atoms with Crippen molar-refractivity contribution in [1.82, 2.24) is 5.32 Å². The van der Waals surface area contributed by atoms with Gasteiger partial charge in [-0.25, -0.2) is 0 Å². The number of hydrogen-bond donors (Lipinski definition) is 2. The summed E-state index contributed by atoms with van der Waals surface area (Å²) in [7, 11) is 0. The fourth-order valence-electron chi connectivity index (χ4n) is 5.42. The molecule has 4 aliphatic rings. The van der Waals surface area contributed by atoms with Crippen molar-refractivity contribution in [1.29, 1.82) is 5.26 Å². The molecule has 2 N–H and O–H groups in total. The van der Waals surface area contributed by atoms with E-state index in [9.17, 15) is 14.7 Å². The largest absolute Gasteiger partial charge is 0.456 e. The summed E-state index contributed by atoms with van der Waals surface area (Å²) in [5.74, 6) is 0.329. The molecule has 0 aromatic rings. The maximum Gasteiger partial charge on any atom is 0.306 e. The van der Waals surface area contributed by atoms with E-state index in [0.29, 0.717) is 24.7 Å². The molecule has 4 fully saturated rings. The standard InChI is InChI=1S/C17H24N2O4/c18-2-1-3-19-14(20)10-23-15(21)9-16-5-12-4-13(6-16)8-17(22,7-12)11-16/h12-13,22H,1,3-11H2,(H,19,20)/t12-,13+,16?,17?. The Morgan fingerprint density at radius 3 is 2.57 bits per heavy atom. The summed E-state index contributed by atoms with van der Waals surface area (Å²) in [4.78, 5) is 23.6. The van der Waals surface area contributed by atoms with Crippen LogP contribution in [0.15, 0.2) is 0 Å². The SMILES string of the molecule is N#CCCNC(=O)COC(=O)CC12C[C@@H]3C[C@@H](CC(O)(C3)C1)C2. The van der Waals surface area contributed by atoms with Crippen molar-refractivity contribution in [2.24, 2.45) is 17.3 Å². The monoisotopic (exact) mass is 320 g/mol. The van der Waals surface area contributed by atoms with Crippen molar-refractivity contribution < 1.29 is 19.4 Å². The number of nitriles is 1. The highest BCUT2D eigenvalue weighted by molar-refractivity contribution is 5.80. The van der Waals surface area contributed by atoms with Gasteiger partial charge in [0.1, 0.15) is 0 Å². The van der Waals surface area contributed by atoms with Gasteiger partial charge in [-0.15, -0.1) is 0 Å². The zero-order valence-electron chi connectivity index (χ0n) is 13.3. The molecule has 4 rings (SSSR count). The third-order valence-electron chi connectivity index (χ3n) is 5.59. The van der Waals surface area contributed by atoms with Gasteiger partial charge in [-0.2, -0.15) is 5.26 Å². The number of hydrogen-bond acceptors (Lipinski definition) is 5. The van der Waals surface area contributed by atoms with Crippen molar-refractivity contribution in [2.75, 3.05) is 13.2 Å². The number of rotatable bonds is 6. The van der Waals surface area contributed by atoms with Gasteiger partial charge >= 0.3 is 5.97 Å². The van der Waals surface area contributed by atoms with Crippen LogP contribution in [-0.4, -0.2) is 35.7 Å². The Morgan fingerprint density at radius 1 is 1.26 bits per heavy atom. The van der Waals surface area contributed by atoms with E-state index in [4.69, 9.17) is 10.00 Å². The third-order valence-corrected chi connectivity index (χ3v) is 5.59. The number of ether oxygens (including phenoxy) is 1. The number of nitrogens with zero attached hydrogens (tertiary/aromatic N) is 1. The Bertz CT molecular complexity index is 525. The number of nitrogens with one attached hydrogen (secondary N) is 1. The Kier molecular flexibility index (Phi) is 4.33. The average Bonchev–Trinajstić information content (AvgIpc) is 2.42. The van der Waals surface area contributed by atoms with Gasteiger partial charge in [0.05, 0.1) is 24.5 Å². The molecule has 0 spiro atoms. The Labute approximate surface area is 136 Å². The van der Waals surface area contributed by atoms with Gasteiger partial charge in [0, 0.05) is 6.54 Å². The number of amides is 1. The first-order chi connectivity index (χ1) is 10.9. The van der Waals surface area contributed by atoms with Crippen molar-refractivity contribution in [3.63, 3.8) is 0 Å². The summed E-state index contributed by atoms with van der Waals surface area (Å²) in [6, 6.07) is 1.93. The van der Waals surface area contributed by atoms with Gasteiger partial charge in [-0.3, -0.25) is 9.59 Å². The molecule has 0 aliphatic heterocycles. The van der Waals surface area contributed by atoms with Crippen LogP contribution in [0.1, 0.15) is 51.4 Å². The molecule has 0 saturated heterocycles. The molecular weight excluding hydrogens is 296 g/mol. The Morgan fingerprint density at radius 2 is 1.96 bits per heavy atom. The third kappa shape index (κ3) is 3.66. The molecule has 0 aromatic heterocycles. The van der Waals surface area contributed by atoms with Crippen LogP contribution < -0.4 is 5.32 Å². The van der Waals surface area contributed by atoms with Crippen LogP contribution >= 0.6 is 0 Å². The molecule has 126 valence electrons. The van der Waals surface area contributed by atoms with Crippen LogP contribution in [0, 0.1) is 28.6 Å². The van der Waals surface area contributed by atoms with Crippen molar-refractivity contribution >= 4 is 11.9 Å². The van der Waals surface area contributed by atoms with Gasteiger partial charge < -0.3 is 15.2 Å². The fraction of sp³-hybridized carbons (Fsp3) is 0.824. The van der Waals surface area contributed by atoms with E-state index in [-0.39, 0.29) is 36.9 Å². The molecular formula is C17H24N2O4. The van der Waals surface area contributed by atoms with Crippen molar-refractivity contribution in [2.45, 2.75) is 57.0 Å². The van der Waals surface area contributed by atoms with E-state index >= 15 is 0 Å². The molecule has 0 aromatic carbocycles. The van der Waals surface area contributed by atoms with E-state index in [1.165, 1.54) is 6.42 Å². The minimum Gasteiger partial charge on any atom is -0.456 e. The molecule has 23 heavy (non-hydrogen) atoms. The van der Waals surface area contributed by atoms with Crippen LogP contribution in [0.2, 0.25) is 0 Å². The van der Waals surface area contributed by atoms with E-state index in [1.54, 1.807) is 0 Å². The first kappa shape index (κ1) is 16.3. The smallest absolute Gasteiger partial charge is 0.306 e. The van der Waals surface area contributed by atoms with E-state index < -0.39 is 5.60 Å². The predicted octanol–water partition coefficient (Wildman–Crippen LogP) is 1.28. The summed E-state index contributed by atoms with van der Waals surface area (Å²) < 4.78 is 5.09. The molecule has 6 heteroatoms. The predicted molar refractivity (Wildman–Crippen MR) is 80.9 cm³/mol. The molecule has 2 unspecified atom stereocenters. The molecule has 4 saturated carbocycles. The topological polar surface area (TPSA) is 99.4 Å². The average molecular weight is 320 g/mol. The summed E-state index contributed by atoms with van der Waals surface area (Å²) in [5, 5.41) is 21.6. The first-order valence-electron chi connectivity index (χ1n) is 8.44. The van der Waals surface area contributed by atoms with E-state index in [2.05, 4.69) is 5.32 Å². The molecule has 0 radical (unpaired) electrons. The molecule has 4 aliphatic carbocycles. The minimum absolute atomic E-state index is 0.132. The van der Waals surface area contributed by atoms with Crippen molar-refractivity contribution in [3.05, 3.63) is 0 Å². The zero-order chi connectivity index (χ0) is 16.5. The lowest BCUT2D eigenvalue weighted by atomic mass is 9.47. The first-order valence-corrected chi connectivity index (χ1v) is 8.44. The Hall–Kier alpha value is -1.61. The number of carbonyl (C=O) groups is 2. The van der Waals surface area contributed by atoms with Gasteiger partial charge in [0.2, 0.25) is 0 Å². The normalized spacial score (nSPS) is 37.2.